The molecule has 0 aromatic heterocycles. The second-order valence-electron chi connectivity index (χ2n) is 5.12. The molecule has 7 nitrogen and oxygen atoms in total. The van der Waals surface area contributed by atoms with E-state index in [0.29, 0.717) is 11.5 Å². The Kier molecular flexibility index (Phi) is 5.36. The van der Waals surface area contributed by atoms with Crippen LogP contribution >= 0.6 is 0 Å². The summed E-state index contributed by atoms with van der Waals surface area (Å²) >= 11 is 0. The molecule has 0 heterocycles. The molecule has 0 spiro atoms. The molecule has 2 aromatic rings. The molecule has 0 atom stereocenters. The van der Waals surface area contributed by atoms with Crippen molar-refractivity contribution in [2.45, 2.75) is 13.8 Å². The molecule has 126 valence electrons. The maximum absolute atomic E-state index is 11.9. The summed E-state index contributed by atoms with van der Waals surface area (Å²) in [4.78, 5) is 22.3. The van der Waals surface area contributed by atoms with Gasteiger partial charge in [0.05, 0.1) is 18.1 Å². The third kappa shape index (κ3) is 4.22. The van der Waals surface area contributed by atoms with E-state index >= 15 is 0 Å². The summed E-state index contributed by atoms with van der Waals surface area (Å²) in [7, 11) is 1.39. The predicted octanol–water partition coefficient (Wildman–Crippen LogP) is 3.20. The molecule has 0 aliphatic rings. The van der Waals surface area contributed by atoms with Crippen LogP contribution in [0.1, 0.15) is 11.1 Å². The van der Waals surface area contributed by atoms with Crippen molar-refractivity contribution >= 4 is 11.7 Å². The Bertz CT molecular complexity index is 772. The molecular formula is C17H17NO6. The molecule has 0 aliphatic carbocycles. The Balaban J connectivity index is 2.05. The molecule has 0 aliphatic heterocycles. The van der Waals surface area contributed by atoms with E-state index in [9.17, 15) is 14.9 Å². The molecule has 0 saturated carbocycles. The lowest BCUT2D eigenvalue weighted by atomic mass is 10.1. The van der Waals surface area contributed by atoms with Gasteiger partial charge < -0.3 is 14.2 Å². The first-order chi connectivity index (χ1) is 11.4. The quantitative estimate of drug-likeness (QED) is 0.349. The first kappa shape index (κ1) is 17.3. The zero-order valence-electron chi connectivity index (χ0n) is 13.6. The van der Waals surface area contributed by atoms with Gasteiger partial charge in [0.2, 0.25) is 5.75 Å². The Labute approximate surface area is 138 Å². The highest BCUT2D eigenvalue weighted by Gasteiger charge is 2.19. The van der Waals surface area contributed by atoms with Crippen LogP contribution in [-0.4, -0.2) is 24.6 Å². The number of aryl methyl sites for hydroxylation is 2. The number of esters is 1. The van der Waals surface area contributed by atoms with E-state index in [1.165, 1.54) is 25.3 Å². The Morgan fingerprint density at radius 3 is 2.46 bits per heavy atom. The van der Waals surface area contributed by atoms with Crippen molar-refractivity contribution in [1.29, 1.82) is 0 Å². The average Bonchev–Trinajstić information content (AvgIpc) is 2.54. The Morgan fingerprint density at radius 2 is 1.83 bits per heavy atom. The number of hydrogen-bond donors (Lipinski definition) is 0. The lowest BCUT2D eigenvalue weighted by molar-refractivity contribution is -0.385. The molecule has 7 heteroatoms. The van der Waals surface area contributed by atoms with Gasteiger partial charge in [0.1, 0.15) is 11.5 Å². The van der Waals surface area contributed by atoms with Gasteiger partial charge in [-0.1, -0.05) is 17.7 Å². The first-order valence-corrected chi connectivity index (χ1v) is 7.14. The van der Waals surface area contributed by atoms with E-state index in [1.54, 1.807) is 6.07 Å². The molecule has 0 N–H and O–H groups in total. The molecule has 0 bridgehead atoms. The number of hydrogen-bond acceptors (Lipinski definition) is 6. The third-order valence-electron chi connectivity index (χ3n) is 3.26. The summed E-state index contributed by atoms with van der Waals surface area (Å²) in [5.41, 5.74) is 1.61. The minimum absolute atomic E-state index is 0.157. The van der Waals surface area contributed by atoms with Gasteiger partial charge in [-0.05, 0) is 37.6 Å². The summed E-state index contributed by atoms with van der Waals surface area (Å²) in [5, 5.41) is 11.1. The smallest absolute Gasteiger partial charge is 0.349 e. The largest absolute Gasteiger partial charge is 0.496 e. The topological polar surface area (TPSA) is 87.9 Å². The number of nitro benzene ring substituents is 1. The van der Waals surface area contributed by atoms with Crippen LogP contribution < -0.4 is 14.2 Å². The van der Waals surface area contributed by atoms with E-state index in [1.807, 2.05) is 26.0 Å². The molecule has 0 fully saturated rings. The lowest BCUT2D eigenvalue weighted by Crippen LogP contribution is -2.18. The van der Waals surface area contributed by atoms with Crippen LogP contribution in [-0.2, 0) is 4.79 Å². The molecule has 0 amide bonds. The van der Waals surface area contributed by atoms with Gasteiger partial charge in [-0.25, -0.2) is 4.79 Å². The maximum atomic E-state index is 11.9. The SMILES string of the molecule is COc1ccc(OC(=O)COc2ccc(C)cc2C)c([N+](=O)[O-])c1. The minimum Gasteiger partial charge on any atom is -0.496 e. The highest BCUT2D eigenvalue weighted by molar-refractivity contribution is 5.75. The van der Waals surface area contributed by atoms with Crippen LogP contribution in [0.2, 0.25) is 0 Å². The molecule has 0 saturated heterocycles. The zero-order chi connectivity index (χ0) is 17.7. The van der Waals surface area contributed by atoms with E-state index < -0.39 is 10.9 Å². The van der Waals surface area contributed by atoms with Crippen molar-refractivity contribution in [1.82, 2.24) is 0 Å². The molecule has 2 rings (SSSR count). The summed E-state index contributed by atoms with van der Waals surface area (Å²) in [6.45, 7) is 3.46. The van der Waals surface area contributed by atoms with Crippen molar-refractivity contribution in [3.8, 4) is 17.2 Å². The second kappa shape index (κ2) is 7.45. The number of methoxy groups -OCH3 is 1. The summed E-state index contributed by atoms with van der Waals surface area (Å²) in [5.74, 6) is -0.0342. The number of benzene rings is 2. The average molecular weight is 331 g/mol. The summed E-state index contributed by atoms with van der Waals surface area (Å²) < 4.78 is 15.4. The van der Waals surface area contributed by atoms with Gasteiger partial charge in [0.25, 0.3) is 0 Å². The second-order valence-corrected chi connectivity index (χ2v) is 5.12. The van der Waals surface area contributed by atoms with Gasteiger partial charge in [-0.15, -0.1) is 0 Å². The van der Waals surface area contributed by atoms with E-state index in [0.717, 1.165) is 11.1 Å². The van der Waals surface area contributed by atoms with Crippen molar-refractivity contribution < 1.29 is 23.9 Å². The fourth-order valence-electron chi connectivity index (χ4n) is 2.10. The summed E-state index contributed by atoms with van der Waals surface area (Å²) in [6, 6.07) is 9.52. The van der Waals surface area contributed by atoms with Gasteiger partial charge >= 0.3 is 11.7 Å². The lowest BCUT2D eigenvalue weighted by Gasteiger charge is -2.10. The Morgan fingerprint density at radius 1 is 1.12 bits per heavy atom. The van der Waals surface area contributed by atoms with E-state index in [4.69, 9.17) is 14.2 Å². The molecule has 0 radical (unpaired) electrons. The normalized spacial score (nSPS) is 10.1. The van der Waals surface area contributed by atoms with E-state index in [2.05, 4.69) is 0 Å². The number of nitro groups is 1. The standard InChI is InChI=1S/C17H17NO6/c1-11-4-6-15(12(2)8-11)23-10-17(19)24-16-7-5-13(22-3)9-14(16)18(20)21/h4-9H,10H2,1-3H3. The van der Waals surface area contributed by atoms with Crippen LogP contribution in [0.15, 0.2) is 36.4 Å². The fraction of sp³-hybridized carbons (Fsp3) is 0.235. The van der Waals surface area contributed by atoms with Gasteiger partial charge in [-0.3, -0.25) is 10.1 Å². The number of ether oxygens (including phenoxy) is 3. The number of carbonyl (C=O) groups excluding carboxylic acids is 1. The number of nitrogens with zero attached hydrogens (tertiary/aromatic N) is 1. The van der Waals surface area contributed by atoms with Gasteiger partial charge in [-0.2, -0.15) is 0 Å². The fourth-order valence-corrected chi connectivity index (χ4v) is 2.10. The summed E-state index contributed by atoms with van der Waals surface area (Å²) in [6.07, 6.45) is 0. The molecule has 2 aromatic carbocycles. The van der Waals surface area contributed by atoms with Crippen LogP contribution in [0.25, 0.3) is 0 Å². The Hall–Kier alpha value is -3.09. The highest BCUT2D eigenvalue weighted by Crippen LogP contribution is 2.31. The van der Waals surface area contributed by atoms with Gasteiger partial charge in [0, 0.05) is 0 Å². The van der Waals surface area contributed by atoms with Crippen molar-refractivity contribution in [3.05, 3.63) is 57.6 Å². The maximum Gasteiger partial charge on any atom is 0.349 e. The van der Waals surface area contributed by atoms with Gasteiger partial charge in [0.15, 0.2) is 6.61 Å². The van der Waals surface area contributed by atoms with E-state index in [-0.39, 0.29) is 18.0 Å². The van der Waals surface area contributed by atoms with Crippen LogP contribution in [0.5, 0.6) is 17.2 Å². The molecular weight excluding hydrogens is 314 g/mol. The van der Waals surface area contributed by atoms with Crippen LogP contribution in [0.3, 0.4) is 0 Å². The van der Waals surface area contributed by atoms with Crippen molar-refractivity contribution in [3.63, 3.8) is 0 Å². The monoisotopic (exact) mass is 331 g/mol. The minimum atomic E-state index is -0.733. The zero-order valence-corrected chi connectivity index (χ0v) is 13.6. The van der Waals surface area contributed by atoms with Crippen LogP contribution in [0, 0.1) is 24.0 Å². The molecule has 24 heavy (non-hydrogen) atoms. The van der Waals surface area contributed by atoms with Crippen LogP contribution in [0.4, 0.5) is 5.69 Å². The third-order valence-corrected chi connectivity index (χ3v) is 3.26. The predicted molar refractivity (Wildman–Crippen MR) is 86.7 cm³/mol. The highest BCUT2D eigenvalue weighted by atomic mass is 16.6. The first-order valence-electron chi connectivity index (χ1n) is 7.14. The number of carbonyl (C=O) groups is 1. The van der Waals surface area contributed by atoms with Crippen molar-refractivity contribution in [2.75, 3.05) is 13.7 Å². The number of rotatable bonds is 6. The van der Waals surface area contributed by atoms with Crippen molar-refractivity contribution in [2.24, 2.45) is 0 Å². The molecule has 0 unspecified atom stereocenters.